The lowest BCUT2D eigenvalue weighted by atomic mass is 9.58. The second kappa shape index (κ2) is 8.23. The number of aromatic hydroxyl groups is 1. The van der Waals surface area contributed by atoms with Crippen molar-refractivity contribution in [3.05, 3.63) is 100 Å². The van der Waals surface area contributed by atoms with E-state index in [0.29, 0.717) is 11.7 Å². The predicted octanol–water partition coefficient (Wildman–Crippen LogP) is 6.13. The fraction of sp³-hybridized carbons (Fsp3) is 0.310. The fourth-order valence-corrected chi connectivity index (χ4v) is 6.47. The quantitative estimate of drug-likeness (QED) is 0.388. The predicted molar refractivity (Wildman–Crippen MR) is 135 cm³/mol. The lowest BCUT2D eigenvalue weighted by Gasteiger charge is -2.51. The van der Waals surface area contributed by atoms with Crippen LogP contribution in [0.4, 0.5) is 0 Å². The molecule has 33 heavy (non-hydrogen) atoms. The highest BCUT2D eigenvalue weighted by Gasteiger charge is 2.48. The van der Waals surface area contributed by atoms with E-state index in [1.165, 1.54) is 27.8 Å². The molecule has 6 rings (SSSR count). The van der Waals surface area contributed by atoms with Crippen LogP contribution in [0.5, 0.6) is 5.75 Å². The molecule has 0 spiro atoms. The molecule has 4 aromatic rings. The van der Waals surface area contributed by atoms with E-state index in [2.05, 4.69) is 52.3 Å². The van der Waals surface area contributed by atoms with Crippen molar-refractivity contribution in [3.63, 3.8) is 0 Å². The van der Waals surface area contributed by atoms with E-state index >= 15 is 0 Å². The van der Waals surface area contributed by atoms with Gasteiger partial charge in [0.05, 0.1) is 0 Å². The fourth-order valence-electron chi connectivity index (χ4n) is 6.29. The summed E-state index contributed by atoms with van der Waals surface area (Å²) >= 11 is 6.29. The number of hydrogen-bond donors (Lipinski definition) is 2. The van der Waals surface area contributed by atoms with Gasteiger partial charge in [0.15, 0.2) is 0 Å². The third kappa shape index (κ3) is 3.74. The Kier molecular flexibility index (Phi) is 5.20. The number of benzene rings is 3. The van der Waals surface area contributed by atoms with Crippen molar-refractivity contribution in [1.29, 1.82) is 0 Å². The first-order valence-corrected chi connectivity index (χ1v) is 12.3. The minimum Gasteiger partial charge on any atom is -0.508 e. The second-order valence-electron chi connectivity index (χ2n) is 9.84. The van der Waals surface area contributed by atoms with Crippen molar-refractivity contribution in [2.75, 3.05) is 19.6 Å². The maximum atomic E-state index is 10.3. The van der Waals surface area contributed by atoms with Gasteiger partial charge in [-0.05, 0) is 79.1 Å². The lowest BCUT2D eigenvalue weighted by molar-refractivity contribution is 0.0822. The normalized spacial score (nSPS) is 22.8. The summed E-state index contributed by atoms with van der Waals surface area (Å²) in [5, 5.41) is 12.4. The number of nitrogens with one attached hydrogen (secondary N) is 1. The SMILES string of the molecule is Oc1cccc([C@]23CCN(CCc4ccccc4)CC2Cc2c([nH]c4cc(Cl)ccc24)C3)c1. The van der Waals surface area contributed by atoms with Gasteiger partial charge >= 0.3 is 0 Å². The minimum absolute atomic E-state index is 0.0413. The Balaban J connectivity index is 1.35. The molecule has 0 amide bonds. The van der Waals surface area contributed by atoms with E-state index in [1.54, 1.807) is 6.07 Å². The van der Waals surface area contributed by atoms with Crippen molar-refractivity contribution < 1.29 is 5.11 Å². The van der Waals surface area contributed by atoms with Crippen molar-refractivity contribution in [1.82, 2.24) is 9.88 Å². The van der Waals surface area contributed by atoms with Gasteiger partial charge in [-0.2, -0.15) is 0 Å². The van der Waals surface area contributed by atoms with Crippen LogP contribution in [0.15, 0.2) is 72.8 Å². The molecular weight excluding hydrogens is 428 g/mol. The summed E-state index contributed by atoms with van der Waals surface area (Å²) in [6.45, 7) is 3.26. The molecule has 1 aliphatic heterocycles. The molecule has 1 aromatic heterocycles. The molecular formula is C29H29ClN2O. The number of likely N-dealkylation sites (tertiary alicyclic amines) is 1. The first-order chi connectivity index (χ1) is 16.1. The zero-order valence-corrected chi connectivity index (χ0v) is 19.5. The van der Waals surface area contributed by atoms with Gasteiger partial charge in [-0.1, -0.05) is 60.1 Å². The smallest absolute Gasteiger partial charge is 0.115 e. The van der Waals surface area contributed by atoms with Crippen molar-refractivity contribution in [2.24, 2.45) is 5.92 Å². The van der Waals surface area contributed by atoms with Crippen molar-refractivity contribution in [3.8, 4) is 5.75 Å². The highest BCUT2D eigenvalue weighted by atomic mass is 35.5. The highest BCUT2D eigenvalue weighted by Crippen LogP contribution is 2.49. The molecule has 3 nitrogen and oxygen atoms in total. The molecule has 2 N–H and O–H groups in total. The molecule has 4 heteroatoms. The molecule has 2 atom stereocenters. The van der Waals surface area contributed by atoms with E-state index in [-0.39, 0.29) is 5.41 Å². The number of nitrogens with zero attached hydrogens (tertiary/aromatic N) is 1. The van der Waals surface area contributed by atoms with Crippen molar-refractivity contribution in [2.45, 2.75) is 31.1 Å². The van der Waals surface area contributed by atoms with E-state index in [4.69, 9.17) is 11.6 Å². The molecule has 1 fully saturated rings. The molecule has 2 aliphatic rings. The van der Waals surface area contributed by atoms with E-state index in [9.17, 15) is 5.11 Å². The summed E-state index contributed by atoms with van der Waals surface area (Å²) in [5.74, 6) is 0.868. The Hall–Kier alpha value is -2.75. The van der Waals surface area contributed by atoms with Crippen LogP contribution >= 0.6 is 11.6 Å². The molecule has 0 bridgehead atoms. The topological polar surface area (TPSA) is 39.3 Å². The number of halogens is 1. The number of fused-ring (bicyclic) bond motifs is 4. The first-order valence-electron chi connectivity index (χ1n) is 12.0. The van der Waals surface area contributed by atoms with Gasteiger partial charge in [0.25, 0.3) is 0 Å². The Labute approximate surface area is 200 Å². The summed E-state index contributed by atoms with van der Waals surface area (Å²) in [5.41, 5.74) is 6.65. The number of piperidine rings is 1. The monoisotopic (exact) mass is 456 g/mol. The number of phenols is 1. The number of aromatic amines is 1. The van der Waals surface area contributed by atoms with Gasteiger partial charge in [-0.3, -0.25) is 0 Å². The van der Waals surface area contributed by atoms with Crippen molar-refractivity contribution >= 4 is 22.5 Å². The van der Waals surface area contributed by atoms with Crippen LogP contribution in [-0.2, 0) is 24.7 Å². The molecule has 0 saturated carbocycles. The number of rotatable bonds is 4. The summed E-state index contributed by atoms with van der Waals surface area (Å²) < 4.78 is 0. The summed E-state index contributed by atoms with van der Waals surface area (Å²) in [4.78, 5) is 6.34. The second-order valence-corrected chi connectivity index (χ2v) is 10.3. The third-order valence-corrected chi connectivity index (χ3v) is 8.25. The highest BCUT2D eigenvalue weighted by molar-refractivity contribution is 6.31. The van der Waals surface area contributed by atoms with E-state index < -0.39 is 0 Å². The van der Waals surface area contributed by atoms with Gasteiger partial charge in [-0.25, -0.2) is 0 Å². The number of aromatic nitrogens is 1. The van der Waals surface area contributed by atoms with Crippen LogP contribution in [0.3, 0.4) is 0 Å². The average Bonchev–Trinajstić information content (AvgIpc) is 3.17. The van der Waals surface area contributed by atoms with Crippen LogP contribution in [0.2, 0.25) is 5.02 Å². The zero-order chi connectivity index (χ0) is 22.4. The van der Waals surface area contributed by atoms with Crippen LogP contribution < -0.4 is 0 Å². The molecule has 0 radical (unpaired) electrons. The standard InChI is InChI=1S/C29H29ClN2O/c30-23-9-10-25-26-16-22-19-32(13-11-20-5-2-1-3-6-20)14-12-29(22,18-28(26)31-27(25)17-23)21-7-4-8-24(33)15-21/h1-10,15,17,22,31,33H,11-14,16,18-19H2/t22?,29-/m1/s1. The van der Waals surface area contributed by atoms with Crippen LogP contribution in [0, 0.1) is 5.92 Å². The Bertz CT molecular complexity index is 1300. The maximum Gasteiger partial charge on any atom is 0.115 e. The van der Waals surface area contributed by atoms with Gasteiger partial charge < -0.3 is 15.0 Å². The maximum absolute atomic E-state index is 10.3. The molecule has 3 aromatic carbocycles. The molecule has 168 valence electrons. The molecule has 1 aliphatic carbocycles. The van der Waals surface area contributed by atoms with Crippen LogP contribution in [-0.4, -0.2) is 34.6 Å². The van der Waals surface area contributed by atoms with E-state index in [0.717, 1.165) is 55.9 Å². The lowest BCUT2D eigenvalue weighted by Crippen LogP contribution is -2.54. The minimum atomic E-state index is 0.0413. The van der Waals surface area contributed by atoms with Gasteiger partial charge in [-0.15, -0.1) is 0 Å². The van der Waals surface area contributed by atoms with E-state index in [1.807, 2.05) is 24.3 Å². The summed E-state index contributed by atoms with van der Waals surface area (Å²) in [6.07, 6.45) is 4.22. The average molecular weight is 457 g/mol. The number of phenolic OH excluding ortho intramolecular Hbond substituents is 1. The van der Waals surface area contributed by atoms with Gasteiger partial charge in [0.2, 0.25) is 0 Å². The Morgan fingerprint density at radius 1 is 1.03 bits per heavy atom. The molecule has 1 unspecified atom stereocenters. The zero-order valence-electron chi connectivity index (χ0n) is 18.7. The van der Waals surface area contributed by atoms with Gasteiger partial charge in [0.1, 0.15) is 5.75 Å². The molecule has 1 saturated heterocycles. The molecule has 2 heterocycles. The number of hydrogen-bond acceptors (Lipinski definition) is 2. The summed E-state index contributed by atoms with van der Waals surface area (Å²) in [6, 6.07) is 25.0. The first kappa shape index (κ1) is 20.8. The number of H-pyrrole nitrogens is 1. The Morgan fingerprint density at radius 2 is 1.91 bits per heavy atom. The summed E-state index contributed by atoms with van der Waals surface area (Å²) in [7, 11) is 0. The largest absolute Gasteiger partial charge is 0.508 e. The van der Waals surface area contributed by atoms with Gasteiger partial charge in [0, 0.05) is 40.1 Å². The Morgan fingerprint density at radius 3 is 2.76 bits per heavy atom. The third-order valence-electron chi connectivity index (χ3n) is 8.01. The van der Waals surface area contributed by atoms with Crippen LogP contribution in [0.1, 0.15) is 28.8 Å². The van der Waals surface area contributed by atoms with Crippen LogP contribution in [0.25, 0.3) is 10.9 Å².